The van der Waals surface area contributed by atoms with E-state index in [1.807, 2.05) is 48.7 Å². The number of hydrogen-bond acceptors (Lipinski definition) is 6. The van der Waals surface area contributed by atoms with Crippen LogP contribution in [0.15, 0.2) is 76.9 Å². The first kappa shape index (κ1) is 20.4. The number of amides is 1. The van der Waals surface area contributed by atoms with E-state index in [1.54, 1.807) is 18.3 Å². The van der Waals surface area contributed by atoms with Crippen molar-refractivity contribution in [3.63, 3.8) is 0 Å². The summed E-state index contributed by atoms with van der Waals surface area (Å²) in [6.07, 6.45) is 3.73. The molecular weight excluding hydrogens is 396 g/mol. The number of nitrogens with one attached hydrogen (secondary N) is 1. The van der Waals surface area contributed by atoms with Crippen molar-refractivity contribution >= 4 is 23.5 Å². The van der Waals surface area contributed by atoms with Gasteiger partial charge in [0, 0.05) is 36.9 Å². The zero-order valence-electron chi connectivity index (χ0n) is 16.8. The molecule has 3 aromatic rings. The van der Waals surface area contributed by atoms with Crippen molar-refractivity contribution in [2.24, 2.45) is 0 Å². The summed E-state index contributed by atoms with van der Waals surface area (Å²) in [5.41, 5.74) is 1.52. The number of benzene rings is 1. The van der Waals surface area contributed by atoms with E-state index >= 15 is 0 Å². The molecule has 0 radical (unpaired) electrons. The lowest BCUT2D eigenvalue weighted by atomic mass is 10.2. The van der Waals surface area contributed by atoms with E-state index in [1.165, 1.54) is 11.8 Å². The van der Waals surface area contributed by atoms with E-state index in [4.69, 9.17) is 4.74 Å². The third-order valence-corrected chi connectivity index (χ3v) is 5.83. The van der Waals surface area contributed by atoms with Crippen molar-refractivity contribution in [1.29, 1.82) is 0 Å². The van der Waals surface area contributed by atoms with E-state index in [-0.39, 0.29) is 12.0 Å². The Morgan fingerprint density at radius 1 is 1.17 bits per heavy atom. The molecule has 0 spiro atoms. The van der Waals surface area contributed by atoms with Crippen LogP contribution in [0.5, 0.6) is 0 Å². The fraction of sp³-hybridized carbons (Fsp3) is 0.261. The zero-order valence-corrected chi connectivity index (χ0v) is 17.6. The molecule has 1 atom stereocenters. The second-order valence-electron chi connectivity index (χ2n) is 7.11. The van der Waals surface area contributed by atoms with Gasteiger partial charge >= 0.3 is 0 Å². The lowest BCUT2D eigenvalue weighted by Gasteiger charge is -2.32. The molecule has 1 unspecified atom stereocenters. The minimum absolute atomic E-state index is 0.146. The number of hydrogen-bond donors (Lipinski definition) is 1. The first-order chi connectivity index (χ1) is 14.7. The molecule has 1 fully saturated rings. The molecule has 1 saturated heterocycles. The number of rotatable bonds is 6. The predicted octanol–water partition coefficient (Wildman–Crippen LogP) is 3.78. The Balaban J connectivity index is 1.38. The number of nitrogens with zero attached hydrogens (tertiary/aromatic N) is 3. The van der Waals surface area contributed by atoms with Gasteiger partial charge in [0.25, 0.3) is 5.91 Å². The van der Waals surface area contributed by atoms with E-state index in [2.05, 4.69) is 27.1 Å². The van der Waals surface area contributed by atoms with Crippen LogP contribution in [0.3, 0.4) is 0 Å². The van der Waals surface area contributed by atoms with E-state index < -0.39 is 0 Å². The second kappa shape index (κ2) is 9.73. The van der Waals surface area contributed by atoms with Gasteiger partial charge in [-0.1, -0.05) is 36.0 Å². The largest absolute Gasteiger partial charge is 0.375 e. The minimum atomic E-state index is -0.146. The number of morpholine rings is 1. The first-order valence-corrected chi connectivity index (χ1v) is 10.8. The number of carbonyl (C=O) groups excluding carboxylic acids is 1. The highest BCUT2D eigenvalue weighted by molar-refractivity contribution is 7.99. The quantitative estimate of drug-likeness (QED) is 0.655. The summed E-state index contributed by atoms with van der Waals surface area (Å²) in [4.78, 5) is 25.0. The Hall–Kier alpha value is -2.90. The van der Waals surface area contributed by atoms with Crippen LogP contribution in [0.1, 0.15) is 22.8 Å². The van der Waals surface area contributed by atoms with Gasteiger partial charge in [0.05, 0.1) is 18.3 Å². The summed E-state index contributed by atoms with van der Waals surface area (Å²) >= 11 is 1.48. The molecule has 0 saturated carbocycles. The number of aromatic nitrogens is 2. The van der Waals surface area contributed by atoms with Crippen molar-refractivity contribution in [2.75, 3.05) is 24.6 Å². The molecule has 1 aromatic carbocycles. The lowest BCUT2D eigenvalue weighted by Crippen LogP contribution is -2.41. The van der Waals surface area contributed by atoms with Crippen molar-refractivity contribution in [2.45, 2.75) is 29.5 Å². The van der Waals surface area contributed by atoms with Gasteiger partial charge in [-0.3, -0.25) is 4.79 Å². The number of anilines is 1. The number of ether oxygens (including phenoxy) is 1. The van der Waals surface area contributed by atoms with E-state index in [0.717, 1.165) is 36.0 Å². The van der Waals surface area contributed by atoms with Gasteiger partial charge in [-0.2, -0.15) is 0 Å². The Morgan fingerprint density at radius 3 is 2.80 bits per heavy atom. The second-order valence-corrected chi connectivity index (χ2v) is 8.17. The third kappa shape index (κ3) is 5.17. The lowest BCUT2D eigenvalue weighted by molar-refractivity contribution is 0.0529. The van der Waals surface area contributed by atoms with Gasteiger partial charge in [0.15, 0.2) is 0 Å². The van der Waals surface area contributed by atoms with Crippen LogP contribution < -0.4 is 10.2 Å². The maximum atomic E-state index is 12.8. The van der Waals surface area contributed by atoms with Gasteiger partial charge in [-0.05, 0) is 42.8 Å². The summed E-state index contributed by atoms with van der Waals surface area (Å²) < 4.78 is 5.58. The summed E-state index contributed by atoms with van der Waals surface area (Å²) in [7, 11) is 0. The van der Waals surface area contributed by atoms with Crippen LogP contribution in [0.25, 0.3) is 0 Å². The molecule has 2 aromatic heterocycles. The molecule has 3 heterocycles. The van der Waals surface area contributed by atoms with Gasteiger partial charge in [-0.25, -0.2) is 9.97 Å². The van der Waals surface area contributed by atoms with E-state index in [0.29, 0.717) is 17.1 Å². The fourth-order valence-electron chi connectivity index (χ4n) is 3.26. The monoisotopic (exact) mass is 420 g/mol. The molecule has 1 aliphatic heterocycles. The zero-order chi connectivity index (χ0) is 20.8. The molecule has 1 aliphatic rings. The predicted molar refractivity (Wildman–Crippen MR) is 118 cm³/mol. The molecule has 6 nitrogen and oxygen atoms in total. The van der Waals surface area contributed by atoms with Gasteiger partial charge < -0.3 is 15.0 Å². The fourth-order valence-corrected chi connectivity index (χ4v) is 4.16. The maximum absolute atomic E-state index is 12.8. The van der Waals surface area contributed by atoms with Crippen LogP contribution in [0.2, 0.25) is 0 Å². The molecule has 154 valence electrons. The average Bonchev–Trinajstić information content (AvgIpc) is 2.79. The Labute approximate surface area is 180 Å². The van der Waals surface area contributed by atoms with Crippen LogP contribution in [-0.2, 0) is 11.3 Å². The smallest absolute Gasteiger partial charge is 0.254 e. The molecule has 1 N–H and O–H groups in total. The van der Waals surface area contributed by atoms with Crippen LogP contribution in [0, 0.1) is 0 Å². The third-order valence-electron chi connectivity index (χ3n) is 4.80. The van der Waals surface area contributed by atoms with Crippen molar-refractivity contribution < 1.29 is 9.53 Å². The number of carbonyl (C=O) groups is 1. The Morgan fingerprint density at radius 2 is 2.03 bits per heavy atom. The average molecular weight is 421 g/mol. The Bertz CT molecular complexity index is 982. The molecular formula is C23H24N4O2S. The van der Waals surface area contributed by atoms with E-state index in [9.17, 15) is 4.79 Å². The minimum Gasteiger partial charge on any atom is -0.375 e. The molecule has 0 aliphatic carbocycles. The molecule has 0 bridgehead atoms. The summed E-state index contributed by atoms with van der Waals surface area (Å²) in [5.74, 6) is 0.793. The molecule has 7 heteroatoms. The Kier molecular flexibility index (Phi) is 6.61. The topological polar surface area (TPSA) is 67.4 Å². The molecule has 1 amide bonds. The van der Waals surface area contributed by atoms with Crippen molar-refractivity contribution in [3.05, 3.63) is 78.1 Å². The molecule has 30 heavy (non-hydrogen) atoms. The SMILES string of the molecule is CC1CN(c2ccc(CNC(=O)c3cccnc3Sc3ccccc3)cn2)CCO1. The summed E-state index contributed by atoms with van der Waals surface area (Å²) in [5, 5.41) is 3.67. The van der Waals surface area contributed by atoms with Gasteiger partial charge in [-0.15, -0.1) is 0 Å². The summed E-state index contributed by atoms with van der Waals surface area (Å²) in [6.45, 7) is 4.88. The van der Waals surface area contributed by atoms with Crippen molar-refractivity contribution in [1.82, 2.24) is 15.3 Å². The maximum Gasteiger partial charge on any atom is 0.254 e. The van der Waals surface area contributed by atoms with Crippen LogP contribution in [-0.4, -0.2) is 41.7 Å². The van der Waals surface area contributed by atoms with Crippen molar-refractivity contribution in [3.8, 4) is 0 Å². The van der Waals surface area contributed by atoms with Gasteiger partial charge in [0.1, 0.15) is 10.8 Å². The highest BCUT2D eigenvalue weighted by Crippen LogP contribution is 2.28. The van der Waals surface area contributed by atoms with Crippen LogP contribution >= 0.6 is 11.8 Å². The first-order valence-electron chi connectivity index (χ1n) is 9.96. The normalized spacial score (nSPS) is 16.3. The number of pyridine rings is 2. The molecule has 4 rings (SSSR count). The van der Waals surface area contributed by atoms with Gasteiger partial charge in [0.2, 0.25) is 0 Å². The highest BCUT2D eigenvalue weighted by Gasteiger charge is 2.18. The summed E-state index contributed by atoms with van der Waals surface area (Å²) in [6, 6.07) is 17.5. The highest BCUT2D eigenvalue weighted by atomic mass is 32.2. The van der Waals surface area contributed by atoms with Crippen LogP contribution in [0.4, 0.5) is 5.82 Å². The standard InChI is InChI=1S/C23H24N4O2S/c1-17-16-27(12-13-29-17)21-10-9-18(14-25-21)15-26-22(28)20-8-5-11-24-23(20)30-19-6-3-2-4-7-19/h2-11,14,17H,12-13,15-16H2,1H3,(H,26,28).